The lowest BCUT2D eigenvalue weighted by molar-refractivity contribution is 0.0884. The van der Waals surface area contributed by atoms with E-state index in [1.807, 2.05) is 18.2 Å². The Hall–Kier alpha value is -0.830. The Kier molecular flexibility index (Phi) is 5.13. The summed E-state index contributed by atoms with van der Waals surface area (Å²) in [5, 5.41) is 4.16. The number of hydrogen-bond donors (Lipinski definition) is 1. The van der Waals surface area contributed by atoms with Gasteiger partial charge in [0.1, 0.15) is 0 Å². The van der Waals surface area contributed by atoms with Crippen molar-refractivity contribution in [2.45, 2.75) is 63.8 Å². The van der Waals surface area contributed by atoms with Gasteiger partial charge in [-0.15, -0.1) is 0 Å². The first-order chi connectivity index (χ1) is 9.88. The summed E-state index contributed by atoms with van der Waals surface area (Å²) < 4.78 is 0. The highest BCUT2D eigenvalue weighted by Gasteiger charge is 2.33. The molecule has 0 aliphatic heterocycles. The largest absolute Gasteiger partial charge is 0.346 e. The van der Waals surface area contributed by atoms with E-state index in [1.165, 1.54) is 19.3 Å². The Labute approximate surface area is 136 Å². The second-order valence-corrected chi connectivity index (χ2v) is 7.79. The van der Waals surface area contributed by atoms with Crippen molar-refractivity contribution in [1.82, 2.24) is 5.32 Å². The van der Waals surface area contributed by atoms with Crippen molar-refractivity contribution in [2.24, 2.45) is 0 Å². The van der Waals surface area contributed by atoms with E-state index in [-0.39, 0.29) is 16.9 Å². The van der Waals surface area contributed by atoms with Crippen molar-refractivity contribution >= 4 is 21.8 Å². The molecule has 1 fully saturated rings. The molecule has 3 heteroatoms. The van der Waals surface area contributed by atoms with Crippen LogP contribution in [0.15, 0.2) is 24.3 Å². The smallest absolute Gasteiger partial charge is 0.252 e. The number of nitrogens with one attached hydrogen (secondary N) is 1. The molecule has 1 aliphatic rings. The molecule has 0 aromatic heterocycles. The average Bonchev–Trinajstić information content (AvgIpc) is 2.47. The van der Waals surface area contributed by atoms with Gasteiger partial charge in [0.15, 0.2) is 0 Å². The zero-order chi connectivity index (χ0) is 15.5. The average molecular weight is 352 g/mol. The number of rotatable bonds is 3. The van der Waals surface area contributed by atoms with Gasteiger partial charge in [0, 0.05) is 10.9 Å². The third-order valence-corrected chi connectivity index (χ3v) is 5.50. The number of carbonyl (C=O) groups is 1. The summed E-state index contributed by atoms with van der Waals surface area (Å²) in [6.07, 6.45) is 5.83. The van der Waals surface area contributed by atoms with Gasteiger partial charge in [0.25, 0.3) is 5.91 Å². The molecule has 2 nitrogen and oxygen atoms in total. The second kappa shape index (κ2) is 6.51. The highest BCUT2D eigenvalue weighted by molar-refractivity contribution is 9.09. The lowest BCUT2D eigenvalue weighted by atomic mass is 9.81. The van der Waals surface area contributed by atoms with Crippen molar-refractivity contribution in [3.05, 3.63) is 35.4 Å². The molecule has 0 spiro atoms. The van der Waals surface area contributed by atoms with Gasteiger partial charge < -0.3 is 5.32 Å². The SMILES string of the molecule is CC(C)(C)c1ccccc1C(=O)NC1(CBr)CCCCC1. The summed E-state index contributed by atoms with van der Waals surface area (Å²) in [7, 11) is 0. The van der Waals surface area contributed by atoms with Crippen LogP contribution in [-0.2, 0) is 5.41 Å². The maximum atomic E-state index is 12.8. The minimum atomic E-state index is -0.0691. The number of halogens is 1. The zero-order valence-electron chi connectivity index (χ0n) is 13.3. The molecule has 2 rings (SSSR count). The normalized spacial score (nSPS) is 18.3. The molecule has 1 saturated carbocycles. The van der Waals surface area contributed by atoms with Gasteiger partial charge in [-0.2, -0.15) is 0 Å². The quantitative estimate of drug-likeness (QED) is 0.777. The third kappa shape index (κ3) is 3.88. The predicted molar refractivity (Wildman–Crippen MR) is 92.2 cm³/mol. The van der Waals surface area contributed by atoms with E-state index in [2.05, 4.69) is 48.1 Å². The van der Waals surface area contributed by atoms with E-state index in [9.17, 15) is 4.79 Å². The summed E-state index contributed by atoms with van der Waals surface area (Å²) in [5.41, 5.74) is 1.83. The van der Waals surface area contributed by atoms with Gasteiger partial charge in [-0.3, -0.25) is 4.79 Å². The van der Waals surface area contributed by atoms with Crippen LogP contribution < -0.4 is 5.32 Å². The van der Waals surface area contributed by atoms with Crippen LogP contribution in [0.1, 0.15) is 68.8 Å². The van der Waals surface area contributed by atoms with E-state index in [0.717, 1.165) is 29.3 Å². The standard InChI is InChI=1S/C18H26BrNO/c1-17(2,3)15-10-6-5-9-14(15)16(21)20-18(13-19)11-7-4-8-12-18/h5-6,9-10H,4,7-8,11-13H2,1-3H3,(H,20,21). The van der Waals surface area contributed by atoms with E-state index >= 15 is 0 Å². The number of amides is 1. The molecule has 1 amide bonds. The van der Waals surface area contributed by atoms with Crippen LogP contribution in [0, 0.1) is 0 Å². The molecule has 0 heterocycles. The summed E-state index contributed by atoms with van der Waals surface area (Å²) in [5.74, 6) is 0.0712. The monoisotopic (exact) mass is 351 g/mol. The lowest BCUT2D eigenvalue weighted by Crippen LogP contribution is -2.51. The predicted octanol–water partition coefficient (Wildman–Crippen LogP) is 4.81. The summed E-state index contributed by atoms with van der Waals surface area (Å²) in [4.78, 5) is 12.8. The molecule has 0 radical (unpaired) electrons. The van der Waals surface area contributed by atoms with Crippen molar-refractivity contribution in [1.29, 1.82) is 0 Å². The van der Waals surface area contributed by atoms with Gasteiger partial charge in [0.05, 0.1) is 5.54 Å². The van der Waals surface area contributed by atoms with Crippen LogP contribution in [0.4, 0.5) is 0 Å². The Morgan fingerprint density at radius 3 is 2.38 bits per heavy atom. The summed E-state index contributed by atoms with van der Waals surface area (Å²) >= 11 is 3.61. The van der Waals surface area contributed by atoms with Crippen LogP contribution in [0.2, 0.25) is 0 Å². The van der Waals surface area contributed by atoms with Crippen molar-refractivity contribution in [2.75, 3.05) is 5.33 Å². The highest BCUT2D eigenvalue weighted by atomic mass is 79.9. The maximum absolute atomic E-state index is 12.8. The minimum absolute atomic E-state index is 0.0257. The molecule has 116 valence electrons. The Balaban J connectivity index is 2.24. The first-order valence-corrected chi connectivity index (χ1v) is 8.98. The number of hydrogen-bond acceptors (Lipinski definition) is 1. The fourth-order valence-corrected chi connectivity index (χ4v) is 3.86. The molecule has 1 N–H and O–H groups in total. The van der Waals surface area contributed by atoms with Gasteiger partial charge in [0.2, 0.25) is 0 Å². The molecule has 1 aliphatic carbocycles. The van der Waals surface area contributed by atoms with Crippen LogP contribution in [0.25, 0.3) is 0 Å². The fraction of sp³-hybridized carbons (Fsp3) is 0.611. The van der Waals surface area contributed by atoms with Crippen LogP contribution >= 0.6 is 15.9 Å². The molecule has 21 heavy (non-hydrogen) atoms. The van der Waals surface area contributed by atoms with E-state index in [4.69, 9.17) is 0 Å². The molecule has 1 aromatic rings. The Bertz CT molecular complexity index is 498. The maximum Gasteiger partial charge on any atom is 0.252 e. The first kappa shape index (κ1) is 16.5. The second-order valence-electron chi connectivity index (χ2n) is 7.22. The Morgan fingerprint density at radius 2 is 1.81 bits per heavy atom. The van der Waals surface area contributed by atoms with Crippen LogP contribution in [0.5, 0.6) is 0 Å². The van der Waals surface area contributed by atoms with Crippen LogP contribution in [0.3, 0.4) is 0 Å². The van der Waals surface area contributed by atoms with Gasteiger partial charge >= 0.3 is 0 Å². The molecular weight excluding hydrogens is 326 g/mol. The highest BCUT2D eigenvalue weighted by Crippen LogP contribution is 2.31. The topological polar surface area (TPSA) is 29.1 Å². The summed E-state index contributed by atoms with van der Waals surface area (Å²) in [6.45, 7) is 6.46. The van der Waals surface area contributed by atoms with Gasteiger partial charge in [-0.1, -0.05) is 74.2 Å². The van der Waals surface area contributed by atoms with E-state index in [1.54, 1.807) is 0 Å². The van der Waals surface area contributed by atoms with Gasteiger partial charge in [-0.25, -0.2) is 0 Å². The van der Waals surface area contributed by atoms with Crippen molar-refractivity contribution < 1.29 is 4.79 Å². The number of carbonyl (C=O) groups excluding carboxylic acids is 1. The molecule has 1 aromatic carbocycles. The zero-order valence-corrected chi connectivity index (χ0v) is 14.9. The molecule has 0 atom stereocenters. The molecular formula is C18H26BrNO. The van der Waals surface area contributed by atoms with Crippen LogP contribution in [-0.4, -0.2) is 16.8 Å². The summed E-state index contributed by atoms with van der Waals surface area (Å²) in [6, 6.07) is 7.97. The number of alkyl halides is 1. The first-order valence-electron chi connectivity index (χ1n) is 7.86. The van der Waals surface area contributed by atoms with Crippen molar-refractivity contribution in [3.63, 3.8) is 0 Å². The Morgan fingerprint density at radius 1 is 1.19 bits per heavy atom. The minimum Gasteiger partial charge on any atom is -0.346 e. The molecule has 0 unspecified atom stereocenters. The van der Waals surface area contributed by atoms with E-state index in [0.29, 0.717) is 0 Å². The third-order valence-electron chi connectivity index (χ3n) is 4.42. The molecule has 0 bridgehead atoms. The van der Waals surface area contributed by atoms with Gasteiger partial charge in [-0.05, 0) is 29.9 Å². The number of benzene rings is 1. The fourth-order valence-electron chi connectivity index (χ4n) is 3.16. The molecule has 0 saturated heterocycles. The van der Waals surface area contributed by atoms with E-state index < -0.39 is 0 Å². The lowest BCUT2D eigenvalue weighted by Gasteiger charge is -2.37. The van der Waals surface area contributed by atoms with Crippen molar-refractivity contribution in [3.8, 4) is 0 Å².